The number of nitrogens with zero attached hydrogens (tertiary/aromatic N) is 4. The molecule has 2 aromatic heterocycles. The summed E-state index contributed by atoms with van der Waals surface area (Å²) in [5.41, 5.74) is 18.1. The van der Waals surface area contributed by atoms with Crippen molar-refractivity contribution in [3.63, 3.8) is 0 Å². The summed E-state index contributed by atoms with van der Waals surface area (Å²) in [5, 5.41) is 14.8. The van der Waals surface area contributed by atoms with Gasteiger partial charge in [-0.1, -0.05) is 224 Å². The lowest BCUT2D eigenvalue weighted by molar-refractivity contribution is 1.27. The number of anilines is 12. The lowest BCUT2D eigenvalue weighted by Gasteiger charge is -2.28. The van der Waals surface area contributed by atoms with E-state index in [1.807, 2.05) is 22.7 Å². The quantitative estimate of drug-likeness (QED) is 0.114. The van der Waals surface area contributed by atoms with E-state index >= 15 is 0 Å². The highest BCUT2D eigenvalue weighted by atomic mass is 32.1. The number of fused-ring (bicyclic) bond motifs is 14. The molecule has 18 rings (SSSR count). The summed E-state index contributed by atoms with van der Waals surface area (Å²) in [5.74, 6) is 0. The van der Waals surface area contributed by atoms with Crippen molar-refractivity contribution >= 4 is 174 Å². The predicted octanol–water partition coefficient (Wildman–Crippen LogP) is 27.2. The van der Waals surface area contributed by atoms with Gasteiger partial charge >= 0.3 is 0 Å². The van der Waals surface area contributed by atoms with Gasteiger partial charge in [0.2, 0.25) is 0 Å². The van der Waals surface area contributed by atoms with Crippen molar-refractivity contribution in [3.8, 4) is 11.1 Å². The summed E-state index contributed by atoms with van der Waals surface area (Å²) in [4.78, 5) is 9.89. The normalized spacial score (nSPS) is 11.6. The van der Waals surface area contributed by atoms with Gasteiger partial charge in [0.05, 0.1) is 41.5 Å². The standard InChI is InChI=1S/C90H62N4S2/c1-59-28-18-27-47-77(59)93(70-39-14-6-15-40-70)81-57-65-31-21-25-45-75(65)85-86-76-46-26-22-32-66(76)58-82(90(86)96-89(81)85)94(71-41-16-7-17-42-71)78-53-50-62(54-60(78)2)61-48-51-72(52-49-61)92(69-37-12-5-13-38-69)80-56-64-30-20-24-44-74(64)84-83-73-43-23-19-29-63(73)55-79(87(83)95-88(80)84)91(67-33-8-3-9-34-67)68-35-10-4-11-36-68/h3-58H,1-2H3. The van der Waals surface area contributed by atoms with Crippen molar-refractivity contribution in [1.82, 2.24) is 0 Å². The maximum absolute atomic E-state index is 2.51. The minimum atomic E-state index is 1.08. The topological polar surface area (TPSA) is 13.0 Å². The first-order chi connectivity index (χ1) is 47.5. The van der Waals surface area contributed by atoms with Gasteiger partial charge in [-0.3, -0.25) is 0 Å². The molecular formula is C90H62N4S2. The van der Waals surface area contributed by atoms with Crippen LogP contribution < -0.4 is 19.6 Å². The van der Waals surface area contributed by atoms with Crippen molar-refractivity contribution in [1.29, 1.82) is 0 Å². The molecule has 0 saturated carbocycles. The molecule has 454 valence electrons. The predicted molar refractivity (Wildman–Crippen MR) is 416 cm³/mol. The van der Waals surface area contributed by atoms with Crippen LogP contribution in [0.25, 0.3) is 94.6 Å². The van der Waals surface area contributed by atoms with Crippen LogP contribution in [0.2, 0.25) is 0 Å². The first-order valence-corrected chi connectivity index (χ1v) is 34.4. The van der Waals surface area contributed by atoms with Crippen LogP contribution in [0.15, 0.2) is 340 Å². The number of para-hydroxylation sites is 6. The molecule has 0 bridgehead atoms. The highest BCUT2D eigenvalue weighted by Crippen LogP contribution is 2.57. The van der Waals surface area contributed by atoms with Crippen molar-refractivity contribution in [3.05, 3.63) is 351 Å². The molecule has 0 spiro atoms. The van der Waals surface area contributed by atoms with Crippen LogP contribution in [-0.2, 0) is 0 Å². The molecule has 16 aromatic carbocycles. The summed E-state index contributed by atoms with van der Waals surface area (Å²) in [7, 11) is 0. The first-order valence-electron chi connectivity index (χ1n) is 32.8. The zero-order chi connectivity index (χ0) is 63.8. The Kier molecular flexibility index (Phi) is 14.0. The fourth-order valence-corrected chi connectivity index (χ4v) is 17.5. The zero-order valence-corrected chi connectivity index (χ0v) is 54.6. The van der Waals surface area contributed by atoms with Gasteiger partial charge in [-0.2, -0.15) is 0 Å². The molecule has 0 fully saturated rings. The molecule has 18 aromatic rings. The highest BCUT2D eigenvalue weighted by Gasteiger charge is 2.29. The Balaban J connectivity index is 0.794. The summed E-state index contributed by atoms with van der Waals surface area (Å²) < 4.78 is 4.95. The fourth-order valence-electron chi connectivity index (χ4n) is 14.8. The monoisotopic (exact) mass is 1260 g/mol. The largest absolute Gasteiger partial charge is 0.309 e. The maximum atomic E-state index is 2.51. The van der Waals surface area contributed by atoms with Crippen LogP contribution in [0.4, 0.5) is 68.2 Å². The fraction of sp³-hybridized carbons (Fsp3) is 0.0222. The van der Waals surface area contributed by atoms with Gasteiger partial charge in [0.25, 0.3) is 0 Å². The van der Waals surface area contributed by atoms with Gasteiger partial charge in [-0.25, -0.2) is 0 Å². The molecule has 2 heterocycles. The number of hydrogen-bond donors (Lipinski definition) is 0. The Hall–Kier alpha value is -11.8. The molecule has 6 heteroatoms. The van der Waals surface area contributed by atoms with Crippen LogP contribution in [0.1, 0.15) is 11.1 Å². The van der Waals surface area contributed by atoms with Gasteiger partial charge in [0, 0.05) is 67.0 Å². The van der Waals surface area contributed by atoms with Crippen LogP contribution in [-0.4, -0.2) is 0 Å². The number of thiophene rings is 2. The van der Waals surface area contributed by atoms with Crippen LogP contribution in [0, 0.1) is 13.8 Å². The van der Waals surface area contributed by atoms with Crippen molar-refractivity contribution in [2.45, 2.75) is 13.8 Å². The van der Waals surface area contributed by atoms with Crippen LogP contribution in [0.5, 0.6) is 0 Å². The first kappa shape index (κ1) is 56.9. The van der Waals surface area contributed by atoms with E-state index in [0.717, 1.165) is 79.4 Å². The van der Waals surface area contributed by atoms with Gasteiger partial charge in [0.15, 0.2) is 0 Å². The van der Waals surface area contributed by atoms with Gasteiger partial charge in [0.1, 0.15) is 0 Å². The summed E-state index contributed by atoms with van der Waals surface area (Å²) in [6, 6.07) is 125. The number of rotatable bonds is 13. The molecule has 0 aliphatic heterocycles. The van der Waals surface area contributed by atoms with Gasteiger partial charge in [-0.05, 0) is 194 Å². The summed E-state index contributed by atoms with van der Waals surface area (Å²) in [6.07, 6.45) is 0. The Morgan fingerprint density at radius 3 is 0.812 bits per heavy atom. The third-order valence-electron chi connectivity index (χ3n) is 19.1. The lowest BCUT2D eigenvalue weighted by atomic mass is 9.96. The molecule has 0 N–H and O–H groups in total. The van der Waals surface area contributed by atoms with E-state index in [4.69, 9.17) is 0 Å². The highest BCUT2D eigenvalue weighted by molar-refractivity contribution is 7.28. The molecule has 0 amide bonds. The number of hydrogen-bond acceptors (Lipinski definition) is 6. The van der Waals surface area contributed by atoms with E-state index in [2.05, 4.69) is 373 Å². The maximum Gasteiger partial charge on any atom is 0.0646 e. The van der Waals surface area contributed by atoms with E-state index in [-0.39, 0.29) is 0 Å². The van der Waals surface area contributed by atoms with E-state index in [9.17, 15) is 0 Å². The number of benzene rings is 16. The summed E-state index contributed by atoms with van der Waals surface area (Å²) in [6.45, 7) is 4.50. The Morgan fingerprint density at radius 1 is 0.198 bits per heavy atom. The summed E-state index contributed by atoms with van der Waals surface area (Å²) >= 11 is 3.80. The second-order valence-electron chi connectivity index (χ2n) is 24.8. The number of aryl methyl sites for hydroxylation is 2. The third-order valence-corrected chi connectivity index (χ3v) is 21.6. The minimum Gasteiger partial charge on any atom is -0.309 e. The van der Waals surface area contributed by atoms with Crippen molar-refractivity contribution in [2.75, 3.05) is 19.6 Å². The van der Waals surface area contributed by atoms with Crippen molar-refractivity contribution in [2.24, 2.45) is 0 Å². The molecule has 4 nitrogen and oxygen atoms in total. The average molecular weight is 1260 g/mol. The van der Waals surface area contributed by atoms with E-state index < -0.39 is 0 Å². The van der Waals surface area contributed by atoms with Crippen LogP contribution in [0.3, 0.4) is 0 Å². The molecule has 0 aliphatic carbocycles. The van der Waals surface area contributed by atoms with E-state index in [1.165, 1.54) is 94.6 Å². The third kappa shape index (κ3) is 9.55. The molecule has 0 aliphatic rings. The smallest absolute Gasteiger partial charge is 0.0646 e. The van der Waals surface area contributed by atoms with Crippen LogP contribution >= 0.6 is 22.7 Å². The molecule has 0 atom stereocenters. The molecule has 0 radical (unpaired) electrons. The van der Waals surface area contributed by atoms with E-state index in [0.29, 0.717) is 0 Å². The molecule has 0 unspecified atom stereocenters. The SMILES string of the molecule is Cc1ccccc1N(c1ccccc1)c1cc2ccccc2c2c1sc1c(N(c3ccccc3)c3ccc(-c4ccc(N(c5ccccc5)c5cc6ccccc6c6c5sc5c(N(c7ccccc7)c7ccccc7)cc7ccccc7c56)cc4)cc3C)cc3ccccc3c12. The average Bonchev–Trinajstić information content (AvgIpc) is 1.54. The lowest BCUT2D eigenvalue weighted by Crippen LogP contribution is -2.11. The molecule has 0 saturated heterocycles. The van der Waals surface area contributed by atoms with Gasteiger partial charge in [-0.15, -0.1) is 22.7 Å². The Bertz CT molecular complexity index is 5950. The second-order valence-corrected chi connectivity index (χ2v) is 26.9. The minimum absolute atomic E-state index is 1.08. The van der Waals surface area contributed by atoms with Gasteiger partial charge < -0.3 is 19.6 Å². The zero-order valence-electron chi connectivity index (χ0n) is 52.9. The van der Waals surface area contributed by atoms with E-state index in [1.54, 1.807) is 0 Å². The molecule has 96 heavy (non-hydrogen) atoms. The Labute approximate surface area is 565 Å². The second kappa shape index (κ2) is 23.6. The van der Waals surface area contributed by atoms with Crippen molar-refractivity contribution < 1.29 is 0 Å². The Morgan fingerprint density at radius 2 is 0.469 bits per heavy atom. The molecular weight excluding hydrogens is 1200 g/mol.